The van der Waals surface area contributed by atoms with E-state index >= 15 is 0 Å². The van der Waals surface area contributed by atoms with Gasteiger partial charge in [0.05, 0.1) is 16.6 Å². The zero-order valence-electron chi connectivity index (χ0n) is 13.7. The molecule has 0 radical (unpaired) electrons. The molecule has 0 saturated carbocycles. The highest BCUT2D eigenvalue weighted by molar-refractivity contribution is 7.17. The van der Waals surface area contributed by atoms with E-state index in [0.717, 1.165) is 29.2 Å². The van der Waals surface area contributed by atoms with Crippen molar-refractivity contribution < 1.29 is 13.7 Å². The molecule has 1 unspecified atom stereocenters. The highest BCUT2D eigenvalue weighted by atomic mass is 32.1. The number of halogens is 1. The maximum absolute atomic E-state index is 14.0. The van der Waals surface area contributed by atoms with Crippen LogP contribution in [0.25, 0.3) is 10.4 Å². The zero-order chi connectivity index (χ0) is 17.4. The molecule has 0 aliphatic carbocycles. The van der Waals surface area contributed by atoms with Crippen molar-refractivity contribution in [2.75, 3.05) is 6.54 Å². The molecule has 128 valence electrons. The summed E-state index contributed by atoms with van der Waals surface area (Å²) < 4.78 is 19.3. The van der Waals surface area contributed by atoms with Crippen molar-refractivity contribution in [2.45, 2.75) is 25.8 Å². The first kappa shape index (κ1) is 16.0. The lowest BCUT2D eigenvalue weighted by Gasteiger charge is -2.21. The fourth-order valence-corrected chi connectivity index (χ4v) is 4.24. The van der Waals surface area contributed by atoms with E-state index in [2.05, 4.69) is 5.16 Å². The normalized spacial score (nSPS) is 17.2. The Labute approximate surface area is 148 Å². The first-order valence-electron chi connectivity index (χ1n) is 8.22. The minimum absolute atomic E-state index is 0.0378. The van der Waals surface area contributed by atoms with Crippen LogP contribution in [0.2, 0.25) is 0 Å². The molecule has 4 nitrogen and oxygen atoms in total. The van der Waals surface area contributed by atoms with Crippen LogP contribution in [0.3, 0.4) is 0 Å². The van der Waals surface area contributed by atoms with Gasteiger partial charge in [0.25, 0.3) is 5.91 Å². The van der Waals surface area contributed by atoms with Gasteiger partial charge in [0, 0.05) is 23.1 Å². The summed E-state index contributed by atoms with van der Waals surface area (Å²) in [4.78, 5) is 16.1. The summed E-state index contributed by atoms with van der Waals surface area (Å²) >= 11 is 1.32. The van der Waals surface area contributed by atoms with Crippen molar-refractivity contribution in [3.05, 3.63) is 64.6 Å². The molecule has 0 spiro atoms. The van der Waals surface area contributed by atoms with Crippen LogP contribution >= 0.6 is 11.3 Å². The summed E-state index contributed by atoms with van der Waals surface area (Å²) in [5.74, 6) is 0.415. The molecule has 2 aromatic heterocycles. The lowest BCUT2D eigenvalue weighted by atomic mass is 10.1. The van der Waals surface area contributed by atoms with E-state index in [-0.39, 0.29) is 17.8 Å². The van der Waals surface area contributed by atoms with E-state index in [9.17, 15) is 9.18 Å². The maximum atomic E-state index is 14.0. The van der Waals surface area contributed by atoms with Gasteiger partial charge in [0.1, 0.15) is 5.82 Å². The second-order valence-corrected chi connectivity index (χ2v) is 7.25. The number of hydrogen-bond donors (Lipinski definition) is 0. The molecule has 3 heterocycles. The quantitative estimate of drug-likeness (QED) is 0.675. The van der Waals surface area contributed by atoms with Crippen LogP contribution in [-0.4, -0.2) is 22.5 Å². The smallest absolute Gasteiger partial charge is 0.264 e. The molecule has 1 aliphatic rings. The van der Waals surface area contributed by atoms with E-state index in [1.165, 1.54) is 17.4 Å². The first-order chi connectivity index (χ1) is 12.1. The number of thiophene rings is 1. The summed E-state index contributed by atoms with van der Waals surface area (Å²) in [6.07, 6.45) is 1.80. The number of carbonyl (C=O) groups excluding carboxylic acids is 1. The number of amides is 1. The molecule has 4 rings (SSSR count). The molecule has 6 heteroatoms. The van der Waals surface area contributed by atoms with Crippen LogP contribution in [0.4, 0.5) is 4.39 Å². The maximum Gasteiger partial charge on any atom is 0.264 e. The number of nitrogens with zero attached hydrogens (tertiary/aromatic N) is 2. The monoisotopic (exact) mass is 356 g/mol. The standard InChI is InChI=1S/C19H17FN2O2S/c1-12-11-16(24-21-12)15-7-4-10-22(15)19(23)18-9-8-17(25-18)13-5-2-3-6-14(13)20/h2-3,5-6,8-9,11,15H,4,7,10H2,1H3. The molecular formula is C19H17FN2O2S. The number of hydrogen-bond acceptors (Lipinski definition) is 4. The summed E-state index contributed by atoms with van der Waals surface area (Å²) in [5.41, 5.74) is 1.34. The van der Waals surface area contributed by atoms with Crippen LogP contribution in [0.15, 0.2) is 47.0 Å². The van der Waals surface area contributed by atoms with Gasteiger partial charge < -0.3 is 9.42 Å². The van der Waals surface area contributed by atoms with E-state index < -0.39 is 0 Å². The Hall–Kier alpha value is -2.47. The van der Waals surface area contributed by atoms with Crippen LogP contribution in [-0.2, 0) is 0 Å². The highest BCUT2D eigenvalue weighted by Crippen LogP contribution is 2.36. The Bertz CT molecular complexity index is 918. The van der Waals surface area contributed by atoms with E-state index in [1.54, 1.807) is 30.3 Å². The number of rotatable bonds is 3. The van der Waals surface area contributed by atoms with E-state index in [0.29, 0.717) is 17.0 Å². The Morgan fingerprint density at radius 1 is 1.32 bits per heavy atom. The van der Waals surface area contributed by atoms with Crippen molar-refractivity contribution in [2.24, 2.45) is 0 Å². The van der Waals surface area contributed by atoms with Crippen LogP contribution in [0.5, 0.6) is 0 Å². The van der Waals surface area contributed by atoms with Crippen LogP contribution in [0.1, 0.15) is 40.0 Å². The first-order valence-corrected chi connectivity index (χ1v) is 9.04. The Balaban J connectivity index is 1.60. The summed E-state index contributed by atoms with van der Waals surface area (Å²) in [6, 6.07) is 12.0. The van der Waals surface area contributed by atoms with Gasteiger partial charge in [-0.3, -0.25) is 4.79 Å². The van der Waals surface area contributed by atoms with Crippen molar-refractivity contribution in [1.82, 2.24) is 10.1 Å². The third kappa shape index (κ3) is 2.98. The fourth-order valence-electron chi connectivity index (χ4n) is 3.25. The van der Waals surface area contributed by atoms with Crippen molar-refractivity contribution in [3.8, 4) is 10.4 Å². The van der Waals surface area contributed by atoms with Crippen molar-refractivity contribution >= 4 is 17.2 Å². The summed E-state index contributed by atoms with van der Waals surface area (Å²) in [6.45, 7) is 2.56. The molecule has 1 aromatic carbocycles. The SMILES string of the molecule is Cc1cc(C2CCCN2C(=O)c2ccc(-c3ccccc3F)s2)on1. The predicted molar refractivity (Wildman–Crippen MR) is 94.0 cm³/mol. The van der Waals surface area contributed by atoms with Gasteiger partial charge in [-0.15, -0.1) is 11.3 Å². The zero-order valence-corrected chi connectivity index (χ0v) is 14.6. The lowest BCUT2D eigenvalue weighted by molar-refractivity contribution is 0.0719. The van der Waals surface area contributed by atoms with Crippen LogP contribution in [0, 0.1) is 12.7 Å². The minimum atomic E-state index is -0.278. The second-order valence-electron chi connectivity index (χ2n) is 6.17. The summed E-state index contributed by atoms with van der Waals surface area (Å²) in [7, 11) is 0. The van der Waals surface area contributed by atoms with Gasteiger partial charge in [0.15, 0.2) is 5.76 Å². The number of aromatic nitrogens is 1. The minimum Gasteiger partial charge on any atom is -0.359 e. The Kier molecular flexibility index (Phi) is 4.13. The highest BCUT2D eigenvalue weighted by Gasteiger charge is 2.33. The van der Waals surface area contributed by atoms with Crippen LogP contribution < -0.4 is 0 Å². The third-order valence-corrected chi connectivity index (χ3v) is 5.55. The predicted octanol–water partition coefficient (Wildman–Crippen LogP) is 4.83. The Morgan fingerprint density at radius 3 is 2.92 bits per heavy atom. The van der Waals surface area contributed by atoms with E-state index in [1.807, 2.05) is 17.9 Å². The van der Waals surface area contributed by atoms with Gasteiger partial charge in [-0.25, -0.2) is 4.39 Å². The average molecular weight is 356 g/mol. The number of aryl methyl sites for hydroxylation is 1. The number of likely N-dealkylation sites (tertiary alicyclic amines) is 1. The van der Waals surface area contributed by atoms with Crippen molar-refractivity contribution in [3.63, 3.8) is 0 Å². The second kappa shape index (κ2) is 6.44. The molecule has 3 aromatic rings. The Morgan fingerprint density at radius 2 is 2.16 bits per heavy atom. The number of benzene rings is 1. The average Bonchev–Trinajstić information content (AvgIpc) is 3.34. The van der Waals surface area contributed by atoms with Gasteiger partial charge in [-0.2, -0.15) is 0 Å². The number of carbonyl (C=O) groups is 1. The van der Waals surface area contributed by atoms with Gasteiger partial charge >= 0.3 is 0 Å². The largest absolute Gasteiger partial charge is 0.359 e. The molecule has 1 aliphatic heterocycles. The van der Waals surface area contributed by atoms with Gasteiger partial charge in [-0.1, -0.05) is 23.4 Å². The topological polar surface area (TPSA) is 46.3 Å². The molecule has 1 amide bonds. The van der Waals surface area contributed by atoms with E-state index in [4.69, 9.17) is 4.52 Å². The third-order valence-electron chi connectivity index (χ3n) is 4.44. The van der Waals surface area contributed by atoms with Crippen molar-refractivity contribution in [1.29, 1.82) is 0 Å². The molecule has 0 bridgehead atoms. The molecule has 25 heavy (non-hydrogen) atoms. The fraction of sp³-hybridized carbons (Fsp3) is 0.263. The summed E-state index contributed by atoms with van der Waals surface area (Å²) in [5, 5.41) is 3.93. The molecule has 1 atom stereocenters. The molecular weight excluding hydrogens is 339 g/mol. The molecule has 1 saturated heterocycles. The molecule has 0 N–H and O–H groups in total. The van der Waals surface area contributed by atoms with Gasteiger partial charge in [-0.05, 0) is 38.0 Å². The lowest BCUT2D eigenvalue weighted by Crippen LogP contribution is -2.29. The van der Waals surface area contributed by atoms with Gasteiger partial charge in [0.2, 0.25) is 0 Å². The molecule has 1 fully saturated rings.